The van der Waals surface area contributed by atoms with Gasteiger partial charge in [0.2, 0.25) is 5.91 Å². The lowest BCUT2D eigenvalue weighted by molar-refractivity contribution is -0.122. The molecular weight excluding hydrogens is 615 g/mol. The first-order valence-corrected chi connectivity index (χ1v) is 21.2. The van der Waals surface area contributed by atoms with E-state index < -0.39 is 12.1 Å². The second-order valence-electron chi connectivity index (χ2n) is 14.0. The van der Waals surface area contributed by atoms with Crippen molar-refractivity contribution in [1.29, 1.82) is 0 Å². The van der Waals surface area contributed by atoms with Crippen LogP contribution in [0.5, 0.6) is 0 Å². The topological polar surface area (TPSA) is 69.6 Å². The highest BCUT2D eigenvalue weighted by atomic mass is 16.3. The first-order valence-electron chi connectivity index (χ1n) is 21.2. The van der Waals surface area contributed by atoms with Crippen LogP contribution in [0.25, 0.3) is 0 Å². The zero-order chi connectivity index (χ0) is 36.4. The summed E-state index contributed by atoms with van der Waals surface area (Å²) in [6.45, 7) is 4.15. The molecule has 0 aromatic carbocycles. The summed E-state index contributed by atoms with van der Waals surface area (Å²) >= 11 is 0. The molecule has 0 bridgehead atoms. The van der Waals surface area contributed by atoms with Crippen LogP contribution in [-0.4, -0.2) is 34.9 Å². The van der Waals surface area contributed by atoms with E-state index in [2.05, 4.69) is 67.8 Å². The van der Waals surface area contributed by atoms with E-state index in [1.54, 1.807) is 6.08 Å². The Labute approximate surface area is 310 Å². The number of nitrogens with one attached hydrogen (secondary N) is 1. The van der Waals surface area contributed by atoms with Crippen LogP contribution < -0.4 is 5.32 Å². The maximum atomic E-state index is 12.3. The zero-order valence-electron chi connectivity index (χ0n) is 32.9. The first kappa shape index (κ1) is 47.8. The quantitative estimate of drug-likeness (QED) is 0.0447. The van der Waals surface area contributed by atoms with E-state index in [0.717, 1.165) is 44.9 Å². The fourth-order valence-corrected chi connectivity index (χ4v) is 6.01. The van der Waals surface area contributed by atoms with Crippen molar-refractivity contribution in [3.63, 3.8) is 0 Å². The molecule has 0 saturated heterocycles. The van der Waals surface area contributed by atoms with Gasteiger partial charge in [-0.2, -0.15) is 0 Å². The fraction of sp³-hybridized carbons (Fsp3) is 0.717. The third kappa shape index (κ3) is 37.1. The van der Waals surface area contributed by atoms with Crippen LogP contribution in [0.15, 0.2) is 72.9 Å². The summed E-state index contributed by atoms with van der Waals surface area (Å²) in [6, 6.07) is -0.679. The molecular formula is C46H81NO3. The van der Waals surface area contributed by atoms with Crippen molar-refractivity contribution < 1.29 is 15.0 Å². The highest BCUT2D eigenvalue weighted by molar-refractivity contribution is 5.77. The Hall–Kier alpha value is -2.17. The number of hydrogen-bond donors (Lipinski definition) is 3. The Balaban J connectivity index is 3.67. The number of aliphatic hydroxyl groups excluding tert-OH is 2. The minimum atomic E-state index is -0.882. The van der Waals surface area contributed by atoms with Crippen molar-refractivity contribution in [1.82, 2.24) is 5.32 Å². The molecule has 0 radical (unpaired) electrons. The predicted octanol–water partition coefficient (Wildman–Crippen LogP) is 13.1. The summed E-state index contributed by atoms with van der Waals surface area (Å²) in [7, 11) is 0. The molecule has 0 spiro atoms. The molecule has 0 fully saturated rings. The molecule has 0 saturated carbocycles. The molecule has 0 aliphatic carbocycles. The number of carbonyl (C=O) groups is 1. The smallest absolute Gasteiger partial charge is 0.224 e. The minimum Gasteiger partial charge on any atom is -0.394 e. The summed E-state index contributed by atoms with van der Waals surface area (Å²) in [6.07, 6.45) is 58.9. The first-order chi connectivity index (χ1) is 24.7. The summed E-state index contributed by atoms with van der Waals surface area (Å²) in [4.78, 5) is 12.3. The van der Waals surface area contributed by atoms with E-state index >= 15 is 0 Å². The molecule has 0 aliphatic heterocycles. The normalized spacial score (nSPS) is 13.8. The average molecular weight is 696 g/mol. The van der Waals surface area contributed by atoms with E-state index in [0.29, 0.717) is 0 Å². The highest BCUT2D eigenvalue weighted by Gasteiger charge is 2.17. The maximum Gasteiger partial charge on any atom is 0.224 e. The molecule has 0 heterocycles. The Morgan fingerprint density at radius 1 is 0.500 bits per heavy atom. The van der Waals surface area contributed by atoms with Gasteiger partial charge in [0.15, 0.2) is 0 Å². The molecule has 0 rings (SSSR count). The van der Waals surface area contributed by atoms with E-state index in [1.807, 2.05) is 18.2 Å². The van der Waals surface area contributed by atoms with Crippen LogP contribution in [0, 0.1) is 0 Å². The summed E-state index contributed by atoms with van der Waals surface area (Å²) < 4.78 is 0. The maximum absolute atomic E-state index is 12.3. The molecule has 4 heteroatoms. The predicted molar refractivity (Wildman–Crippen MR) is 220 cm³/mol. The van der Waals surface area contributed by atoms with Gasteiger partial charge in [0.1, 0.15) is 0 Å². The second kappa shape index (κ2) is 41.3. The van der Waals surface area contributed by atoms with Crippen molar-refractivity contribution in [3.05, 3.63) is 72.9 Å². The van der Waals surface area contributed by atoms with Gasteiger partial charge in [0, 0.05) is 6.42 Å². The van der Waals surface area contributed by atoms with Gasteiger partial charge in [-0.25, -0.2) is 0 Å². The lowest BCUT2D eigenvalue weighted by atomic mass is 10.0. The number of carbonyl (C=O) groups excluding carboxylic acids is 1. The molecule has 2 atom stereocenters. The van der Waals surface area contributed by atoms with Crippen LogP contribution in [0.2, 0.25) is 0 Å². The largest absolute Gasteiger partial charge is 0.394 e. The Bertz CT molecular complexity index is 884. The standard InChI is InChI=1S/C46H81NO3/c1-3-5-7-9-11-13-15-17-19-20-21-22-23-24-25-26-28-29-31-33-35-37-39-41-45(49)44(43-48)47-46(50)42-40-38-36-34-32-30-27-18-16-14-12-10-8-6-4-2/h6,8,12,14,18,27,32,34,38-41,44-45,48-49H,3-5,7,9-11,13,15-17,19-26,28-31,33,35-37,42-43H2,1-2H3,(H,47,50)/b8-6-,14-12-,27-18-,34-32-,40-38-,41-39+. The van der Waals surface area contributed by atoms with Crippen LogP contribution in [-0.2, 0) is 4.79 Å². The number of allylic oxidation sites excluding steroid dienone is 10. The van der Waals surface area contributed by atoms with Gasteiger partial charge in [0.25, 0.3) is 0 Å². The van der Waals surface area contributed by atoms with Crippen LogP contribution in [0.4, 0.5) is 0 Å². The van der Waals surface area contributed by atoms with Crippen molar-refractivity contribution in [3.8, 4) is 0 Å². The van der Waals surface area contributed by atoms with Crippen LogP contribution >= 0.6 is 0 Å². The van der Waals surface area contributed by atoms with Crippen molar-refractivity contribution in [2.24, 2.45) is 0 Å². The van der Waals surface area contributed by atoms with Gasteiger partial charge in [-0.3, -0.25) is 4.79 Å². The van der Waals surface area contributed by atoms with Crippen molar-refractivity contribution in [2.75, 3.05) is 6.61 Å². The van der Waals surface area contributed by atoms with Gasteiger partial charge in [-0.05, 0) is 44.9 Å². The second-order valence-corrected chi connectivity index (χ2v) is 14.0. The molecule has 0 aromatic rings. The molecule has 3 N–H and O–H groups in total. The summed E-state index contributed by atoms with van der Waals surface area (Å²) in [5.74, 6) is -0.192. The van der Waals surface area contributed by atoms with Gasteiger partial charge in [0.05, 0.1) is 18.8 Å². The Morgan fingerprint density at radius 2 is 0.860 bits per heavy atom. The molecule has 4 nitrogen and oxygen atoms in total. The van der Waals surface area contributed by atoms with E-state index in [9.17, 15) is 15.0 Å². The Morgan fingerprint density at radius 3 is 1.24 bits per heavy atom. The van der Waals surface area contributed by atoms with E-state index in [1.165, 1.54) is 128 Å². The SMILES string of the molecule is CC/C=C\C/C=C\C/C=C\C/C=C\C/C=C\CC(=O)NC(CO)C(O)/C=C/CCCCCCCCCCCCCCCCCCCCCCC. The van der Waals surface area contributed by atoms with Gasteiger partial charge in [-0.15, -0.1) is 0 Å². The fourth-order valence-electron chi connectivity index (χ4n) is 6.01. The van der Waals surface area contributed by atoms with E-state index in [4.69, 9.17) is 0 Å². The van der Waals surface area contributed by atoms with Crippen LogP contribution in [0.1, 0.15) is 194 Å². The molecule has 0 aromatic heterocycles. The average Bonchev–Trinajstić information content (AvgIpc) is 3.12. The molecule has 0 aliphatic rings. The van der Waals surface area contributed by atoms with E-state index in [-0.39, 0.29) is 18.9 Å². The molecule has 1 amide bonds. The number of aliphatic hydroxyl groups is 2. The minimum absolute atomic E-state index is 0.192. The zero-order valence-corrected chi connectivity index (χ0v) is 32.9. The molecule has 2 unspecified atom stereocenters. The van der Waals surface area contributed by atoms with Gasteiger partial charge < -0.3 is 15.5 Å². The lowest BCUT2D eigenvalue weighted by Gasteiger charge is -2.19. The summed E-state index contributed by atoms with van der Waals surface area (Å²) in [5, 5.41) is 22.9. The lowest BCUT2D eigenvalue weighted by Crippen LogP contribution is -2.44. The third-order valence-corrected chi connectivity index (χ3v) is 9.22. The molecule has 50 heavy (non-hydrogen) atoms. The van der Waals surface area contributed by atoms with Crippen molar-refractivity contribution in [2.45, 2.75) is 206 Å². The van der Waals surface area contributed by atoms with Crippen LogP contribution in [0.3, 0.4) is 0 Å². The van der Waals surface area contributed by atoms with Gasteiger partial charge in [-0.1, -0.05) is 215 Å². The third-order valence-electron chi connectivity index (χ3n) is 9.22. The van der Waals surface area contributed by atoms with Crippen molar-refractivity contribution >= 4 is 5.91 Å². The number of hydrogen-bond acceptors (Lipinski definition) is 3. The highest BCUT2D eigenvalue weighted by Crippen LogP contribution is 2.15. The number of amides is 1. The molecule has 288 valence electrons. The van der Waals surface area contributed by atoms with Gasteiger partial charge >= 0.3 is 0 Å². The number of rotatable bonds is 37. The monoisotopic (exact) mass is 696 g/mol. The summed E-state index contributed by atoms with van der Waals surface area (Å²) in [5.41, 5.74) is 0. The Kier molecular flexibility index (Phi) is 39.5. The number of unbranched alkanes of at least 4 members (excludes halogenated alkanes) is 21.